The average molecular weight is 279 g/mol. The van der Waals surface area contributed by atoms with E-state index in [-0.39, 0.29) is 25.4 Å². The molecule has 0 unspecified atom stereocenters. The Morgan fingerprint density at radius 3 is 2.55 bits per heavy atom. The Labute approximate surface area is 118 Å². The second kappa shape index (κ2) is 6.79. The lowest BCUT2D eigenvalue weighted by atomic mass is 10.0. The molecule has 0 aliphatic rings. The fourth-order valence-corrected chi connectivity index (χ4v) is 1.79. The third-order valence-corrected chi connectivity index (χ3v) is 2.60. The van der Waals surface area contributed by atoms with Crippen LogP contribution in [0.25, 0.3) is 0 Å². The maximum absolute atomic E-state index is 11.7. The van der Waals surface area contributed by atoms with Crippen molar-refractivity contribution in [2.24, 2.45) is 5.73 Å². The summed E-state index contributed by atoms with van der Waals surface area (Å²) in [6.45, 7) is 3.70. The Morgan fingerprint density at radius 1 is 1.30 bits per heavy atom. The number of carbonyl (C=O) groups excluding carboxylic acids is 2. The van der Waals surface area contributed by atoms with Crippen LogP contribution < -0.4 is 21.5 Å². The molecule has 110 valence electrons. The van der Waals surface area contributed by atoms with Gasteiger partial charge in [-0.25, -0.2) is 0 Å². The van der Waals surface area contributed by atoms with Gasteiger partial charge in [0.1, 0.15) is 5.75 Å². The van der Waals surface area contributed by atoms with Crippen molar-refractivity contribution in [2.45, 2.75) is 32.2 Å². The average Bonchev–Trinajstić information content (AvgIpc) is 2.29. The quantitative estimate of drug-likeness (QED) is 0.642. The summed E-state index contributed by atoms with van der Waals surface area (Å²) in [5.41, 5.74) is 10.7. The highest BCUT2D eigenvalue weighted by Crippen LogP contribution is 2.19. The number of nitrogens with two attached hydrogens (primary N) is 2. The molecule has 6 nitrogen and oxygen atoms in total. The molecule has 0 saturated heterocycles. The van der Waals surface area contributed by atoms with Gasteiger partial charge >= 0.3 is 0 Å². The van der Waals surface area contributed by atoms with Crippen LogP contribution in [0.1, 0.15) is 26.7 Å². The molecule has 0 bridgehead atoms. The minimum absolute atomic E-state index is 0.0885. The summed E-state index contributed by atoms with van der Waals surface area (Å²) in [5, 5.41) is 2.74. The third kappa shape index (κ3) is 5.60. The highest BCUT2D eigenvalue weighted by molar-refractivity contribution is 5.79. The van der Waals surface area contributed by atoms with E-state index in [0.29, 0.717) is 11.4 Å². The number of rotatable bonds is 7. The monoisotopic (exact) mass is 279 g/mol. The smallest absolute Gasteiger partial charge is 0.223 e. The number of ether oxygens (including phenoxy) is 1. The second-order valence-corrected chi connectivity index (χ2v) is 5.21. The van der Waals surface area contributed by atoms with Crippen molar-refractivity contribution < 1.29 is 14.3 Å². The first-order valence-electron chi connectivity index (χ1n) is 6.37. The molecule has 20 heavy (non-hydrogen) atoms. The number of para-hydroxylation sites is 2. The molecule has 1 aromatic rings. The summed E-state index contributed by atoms with van der Waals surface area (Å²) >= 11 is 0. The van der Waals surface area contributed by atoms with Crippen LogP contribution in [0.3, 0.4) is 0 Å². The van der Waals surface area contributed by atoms with Crippen LogP contribution in [0.2, 0.25) is 0 Å². The summed E-state index contributed by atoms with van der Waals surface area (Å²) < 4.78 is 5.43. The highest BCUT2D eigenvalue weighted by Gasteiger charge is 2.22. The zero-order valence-electron chi connectivity index (χ0n) is 11.8. The molecule has 5 N–H and O–H groups in total. The predicted octanol–water partition coefficient (Wildman–Crippen LogP) is 0.808. The van der Waals surface area contributed by atoms with E-state index < -0.39 is 11.4 Å². The first-order chi connectivity index (χ1) is 9.30. The first-order valence-corrected chi connectivity index (χ1v) is 6.37. The first kappa shape index (κ1) is 15.8. The molecular formula is C14H21N3O3. The van der Waals surface area contributed by atoms with E-state index in [1.807, 2.05) is 6.07 Å². The molecule has 0 saturated carbocycles. The van der Waals surface area contributed by atoms with Crippen molar-refractivity contribution in [3.8, 4) is 5.75 Å². The molecule has 0 heterocycles. The van der Waals surface area contributed by atoms with Gasteiger partial charge in [0.2, 0.25) is 11.8 Å². The van der Waals surface area contributed by atoms with Gasteiger partial charge in [-0.3, -0.25) is 9.59 Å². The second-order valence-electron chi connectivity index (χ2n) is 5.21. The number of hydrogen-bond acceptors (Lipinski definition) is 4. The molecule has 0 aromatic heterocycles. The lowest BCUT2D eigenvalue weighted by Gasteiger charge is -2.24. The van der Waals surface area contributed by atoms with E-state index in [9.17, 15) is 9.59 Å². The van der Waals surface area contributed by atoms with Crippen molar-refractivity contribution in [1.82, 2.24) is 5.32 Å². The van der Waals surface area contributed by atoms with Gasteiger partial charge in [0.15, 0.2) is 0 Å². The Bertz CT molecular complexity index is 486. The van der Waals surface area contributed by atoms with Crippen LogP contribution in [0.5, 0.6) is 5.75 Å². The summed E-state index contributed by atoms with van der Waals surface area (Å²) in [7, 11) is 0. The number of nitrogen functional groups attached to an aromatic ring is 1. The summed E-state index contributed by atoms with van der Waals surface area (Å²) in [4.78, 5) is 22.6. The minimum Gasteiger partial charge on any atom is -0.491 e. The van der Waals surface area contributed by atoms with E-state index in [0.717, 1.165) is 0 Å². The van der Waals surface area contributed by atoms with Crippen LogP contribution in [0.15, 0.2) is 24.3 Å². The molecule has 0 spiro atoms. The van der Waals surface area contributed by atoms with E-state index in [1.165, 1.54) is 0 Å². The topological polar surface area (TPSA) is 107 Å². The molecular weight excluding hydrogens is 258 g/mol. The van der Waals surface area contributed by atoms with Crippen LogP contribution in [-0.4, -0.2) is 24.0 Å². The zero-order chi connectivity index (χ0) is 15.2. The fourth-order valence-electron chi connectivity index (χ4n) is 1.79. The van der Waals surface area contributed by atoms with Crippen molar-refractivity contribution in [3.05, 3.63) is 24.3 Å². The van der Waals surface area contributed by atoms with Gasteiger partial charge in [0.25, 0.3) is 0 Å². The number of amides is 2. The lowest BCUT2D eigenvalue weighted by Crippen LogP contribution is -2.46. The molecule has 6 heteroatoms. The molecule has 1 rings (SSSR count). The highest BCUT2D eigenvalue weighted by atomic mass is 16.5. The Morgan fingerprint density at radius 2 is 1.95 bits per heavy atom. The van der Waals surface area contributed by atoms with Crippen molar-refractivity contribution in [3.63, 3.8) is 0 Å². The molecule has 0 radical (unpaired) electrons. The van der Waals surface area contributed by atoms with E-state index in [2.05, 4.69) is 5.32 Å². The fraction of sp³-hybridized carbons (Fsp3) is 0.429. The normalized spacial score (nSPS) is 10.9. The Kier molecular flexibility index (Phi) is 5.37. The predicted molar refractivity (Wildman–Crippen MR) is 77.0 cm³/mol. The molecule has 2 amide bonds. The molecule has 0 aliphatic carbocycles. The van der Waals surface area contributed by atoms with Crippen LogP contribution in [0, 0.1) is 0 Å². The number of nitrogens with one attached hydrogen (secondary N) is 1. The van der Waals surface area contributed by atoms with Crippen molar-refractivity contribution in [1.29, 1.82) is 0 Å². The van der Waals surface area contributed by atoms with Crippen molar-refractivity contribution in [2.75, 3.05) is 12.3 Å². The number of hydrogen-bond donors (Lipinski definition) is 3. The lowest BCUT2D eigenvalue weighted by molar-refractivity contribution is -0.124. The SMILES string of the molecule is CC(C)(CC(N)=O)NC(=O)CCOc1ccccc1N. The van der Waals surface area contributed by atoms with Crippen LogP contribution in [0.4, 0.5) is 5.69 Å². The van der Waals surface area contributed by atoms with Gasteiger partial charge in [-0.2, -0.15) is 0 Å². The van der Waals surface area contributed by atoms with Gasteiger partial charge in [-0.15, -0.1) is 0 Å². The molecule has 0 atom stereocenters. The number of carbonyl (C=O) groups is 2. The van der Waals surface area contributed by atoms with E-state index >= 15 is 0 Å². The number of primary amides is 1. The molecule has 1 aromatic carbocycles. The molecule has 0 aliphatic heterocycles. The standard InChI is InChI=1S/C14H21N3O3/c1-14(2,9-12(16)18)17-13(19)7-8-20-11-6-4-3-5-10(11)15/h3-6H,7-9,15H2,1-2H3,(H2,16,18)(H,17,19). The van der Waals surface area contributed by atoms with Gasteiger partial charge in [0.05, 0.1) is 18.7 Å². The molecule has 0 fully saturated rings. The van der Waals surface area contributed by atoms with E-state index in [1.54, 1.807) is 32.0 Å². The van der Waals surface area contributed by atoms with Gasteiger partial charge in [-0.05, 0) is 26.0 Å². The largest absolute Gasteiger partial charge is 0.491 e. The van der Waals surface area contributed by atoms with Gasteiger partial charge in [-0.1, -0.05) is 12.1 Å². The summed E-state index contributed by atoms with van der Waals surface area (Å²) in [6, 6.07) is 7.08. The minimum atomic E-state index is -0.658. The number of benzene rings is 1. The van der Waals surface area contributed by atoms with Crippen LogP contribution >= 0.6 is 0 Å². The Hall–Kier alpha value is -2.24. The number of anilines is 1. The van der Waals surface area contributed by atoms with Gasteiger partial charge < -0.3 is 21.5 Å². The third-order valence-electron chi connectivity index (χ3n) is 2.60. The zero-order valence-corrected chi connectivity index (χ0v) is 11.8. The van der Waals surface area contributed by atoms with Crippen LogP contribution in [-0.2, 0) is 9.59 Å². The summed E-state index contributed by atoms with van der Waals surface area (Å²) in [5.74, 6) is -0.106. The maximum atomic E-state index is 11.7. The van der Waals surface area contributed by atoms with E-state index in [4.69, 9.17) is 16.2 Å². The summed E-state index contributed by atoms with van der Waals surface area (Å²) in [6.07, 6.45) is 0.266. The van der Waals surface area contributed by atoms with Crippen molar-refractivity contribution >= 4 is 17.5 Å². The Balaban J connectivity index is 2.37. The maximum Gasteiger partial charge on any atom is 0.223 e. The van der Waals surface area contributed by atoms with Gasteiger partial charge in [0, 0.05) is 12.0 Å².